The molecular weight excluding hydrogens is 242 g/mol. The van der Waals surface area contributed by atoms with Crippen LogP contribution in [0.1, 0.15) is 5.56 Å². The van der Waals surface area contributed by atoms with Gasteiger partial charge in [0.25, 0.3) is 0 Å². The second kappa shape index (κ2) is 4.85. The highest BCUT2D eigenvalue weighted by Gasteiger charge is 2.17. The maximum atomic E-state index is 11.7. The minimum Gasteiger partial charge on any atom is -0.361 e. The molecule has 5 nitrogen and oxygen atoms in total. The van der Waals surface area contributed by atoms with Crippen molar-refractivity contribution in [1.82, 2.24) is 15.2 Å². The van der Waals surface area contributed by atoms with Crippen LogP contribution >= 0.6 is 0 Å². The molecule has 1 saturated heterocycles. The number of carbonyl (C=O) groups is 1. The number of benzene rings is 1. The van der Waals surface area contributed by atoms with Crippen molar-refractivity contribution in [2.45, 2.75) is 6.54 Å². The topological polar surface area (TPSA) is 65.2 Å². The molecule has 2 aromatic rings. The number of H-pyrrole nitrogens is 1. The van der Waals surface area contributed by atoms with E-state index in [2.05, 4.69) is 10.3 Å². The second-order valence-corrected chi connectivity index (χ2v) is 4.71. The van der Waals surface area contributed by atoms with E-state index < -0.39 is 0 Å². The summed E-state index contributed by atoms with van der Waals surface area (Å²) in [5.74, 6) is 0.118. The molecule has 0 saturated carbocycles. The molecule has 0 radical (unpaired) electrons. The third-order valence-corrected chi connectivity index (χ3v) is 3.38. The van der Waals surface area contributed by atoms with Crippen molar-refractivity contribution in [2.24, 2.45) is 0 Å². The van der Waals surface area contributed by atoms with Gasteiger partial charge >= 0.3 is 0 Å². The fourth-order valence-electron chi connectivity index (χ4n) is 2.35. The van der Waals surface area contributed by atoms with E-state index in [1.807, 2.05) is 23.1 Å². The Morgan fingerprint density at radius 2 is 2.11 bits per heavy atom. The van der Waals surface area contributed by atoms with Gasteiger partial charge in [0.2, 0.25) is 5.91 Å². The lowest BCUT2D eigenvalue weighted by molar-refractivity contribution is -0.132. The minimum atomic E-state index is 0.0125. The molecule has 2 heterocycles. The molecule has 0 bridgehead atoms. The quantitative estimate of drug-likeness (QED) is 0.821. The monoisotopic (exact) mass is 257 g/mol. The third kappa shape index (κ3) is 2.37. The molecule has 0 spiro atoms. The number of hydrogen-bond acceptors (Lipinski definition) is 3. The highest BCUT2D eigenvalue weighted by atomic mass is 16.2. The van der Waals surface area contributed by atoms with E-state index in [0.29, 0.717) is 18.5 Å². The first-order chi connectivity index (χ1) is 9.24. The Labute approximate surface area is 110 Å². The van der Waals surface area contributed by atoms with Gasteiger partial charge in [-0.1, -0.05) is 6.07 Å². The number of pyridine rings is 1. The van der Waals surface area contributed by atoms with E-state index in [-0.39, 0.29) is 11.3 Å². The number of piperazine rings is 1. The van der Waals surface area contributed by atoms with Gasteiger partial charge < -0.3 is 15.2 Å². The predicted molar refractivity (Wildman–Crippen MR) is 72.9 cm³/mol. The Bertz CT molecular complexity index is 678. The molecule has 98 valence electrons. The third-order valence-electron chi connectivity index (χ3n) is 3.38. The highest BCUT2D eigenvalue weighted by Crippen LogP contribution is 2.12. The molecule has 2 N–H and O–H groups in total. The maximum Gasteiger partial charge on any atom is 0.236 e. The number of nitrogens with one attached hydrogen (secondary N) is 2. The van der Waals surface area contributed by atoms with Crippen molar-refractivity contribution in [2.75, 3.05) is 19.6 Å². The standard InChI is InChI=1S/C14H15N3O2/c18-13-3-4-16-12-7-10(1-2-11(12)13)9-17-6-5-15-8-14(17)19/h1-4,7,15H,5-6,8-9H2,(H,16,18). The molecule has 19 heavy (non-hydrogen) atoms. The fraction of sp³-hybridized carbons (Fsp3) is 0.286. The van der Waals surface area contributed by atoms with Crippen LogP contribution in [-0.2, 0) is 11.3 Å². The molecule has 1 aromatic heterocycles. The summed E-state index contributed by atoms with van der Waals surface area (Å²) in [4.78, 5) is 28.3. The number of amides is 1. The summed E-state index contributed by atoms with van der Waals surface area (Å²) < 4.78 is 0. The molecule has 0 unspecified atom stereocenters. The van der Waals surface area contributed by atoms with E-state index >= 15 is 0 Å². The normalized spacial score (nSPS) is 16.0. The molecule has 1 amide bonds. The summed E-state index contributed by atoms with van der Waals surface area (Å²) in [5, 5.41) is 3.73. The average molecular weight is 257 g/mol. The van der Waals surface area contributed by atoms with Crippen LogP contribution in [0.15, 0.2) is 35.3 Å². The number of carbonyl (C=O) groups excluding carboxylic acids is 1. The van der Waals surface area contributed by atoms with Crippen LogP contribution in [0.4, 0.5) is 0 Å². The van der Waals surface area contributed by atoms with Crippen LogP contribution in [0.5, 0.6) is 0 Å². The SMILES string of the molecule is O=C1CNCCN1Cc1ccc2c(=O)cc[nH]c2c1. The van der Waals surface area contributed by atoms with Crippen LogP contribution in [0.3, 0.4) is 0 Å². The van der Waals surface area contributed by atoms with Crippen LogP contribution in [0, 0.1) is 0 Å². The Morgan fingerprint density at radius 3 is 2.95 bits per heavy atom. The summed E-state index contributed by atoms with van der Waals surface area (Å²) in [5.41, 5.74) is 1.86. The minimum absolute atomic E-state index is 0.0125. The van der Waals surface area contributed by atoms with Gasteiger partial charge in [0, 0.05) is 42.8 Å². The predicted octanol–water partition coefficient (Wildman–Crippen LogP) is 0.460. The summed E-state index contributed by atoms with van der Waals surface area (Å²) in [6.07, 6.45) is 1.64. The Hall–Kier alpha value is -2.14. The van der Waals surface area contributed by atoms with Gasteiger partial charge in [-0.3, -0.25) is 9.59 Å². The van der Waals surface area contributed by atoms with E-state index in [1.54, 1.807) is 6.20 Å². The molecule has 1 aliphatic heterocycles. The highest BCUT2D eigenvalue weighted by molar-refractivity contribution is 5.80. The van der Waals surface area contributed by atoms with Gasteiger partial charge in [-0.05, 0) is 17.7 Å². The Balaban J connectivity index is 1.89. The average Bonchev–Trinajstić information content (AvgIpc) is 2.42. The van der Waals surface area contributed by atoms with Crippen molar-refractivity contribution in [3.8, 4) is 0 Å². The molecule has 1 aromatic carbocycles. The maximum absolute atomic E-state index is 11.7. The van der Waals surface area contributed by atoms with Crippen molar-refractivity contribution in [1.29, 1.82) is 0 Å². The van der Waals surface area contributed by atoms with E-state index in [1.165, 1.54) is 6.07 Å². The summed E-state index contributed by atoms with van der Waals surface area (Å²) in [6, 6.07) is 7.18. The lowest BCUT2D eigenvalue weighted by atomic mass is 10.1. The second-order valence-electron chi connectivity index (χ2n) is 4.71. The van der Waals surface area contributed by atoms with Crippen molar-refractivity contribution >= 4 is 16.8 Å². The summed E-state index contributed by atoms with van der Waals surface area (Å²) in [7, 11) is 0. The van der Waals surface area contributed by atoms with Gasteiger partial charge in [-0.25, -0.2) is 0 Å². The molecule has 5 heteroatoms. The fourth-order valence-corrected chi connectivity index (χ4v) is 2.35. The van der Waals surface area contributed by atoms with Gasteiger partial charge in [0.15, 0.2) is 5.43 Å². The smallest absolute Gasteiger partial charge is 0.236 e. The molecule has 3 rings (SSSR count). The van der Waals surface area contributed by atoms with Crippen molar-refractivity contribution in [3.63, 3.8) is 0 Å². The van der Waals surface area contributed by atoms with Gasteiger partial charge in [-0.15, -0.1) is 0 Å². The number of aromatic nitrogens is 1. The number of fused-ring (bicyclic) bond motifs is 1. The molecular formula is C14H15N3O2. The lowest BCUT2D eigenvalue weighted by Crippen LogP contribution is -2.47. The zero-order chi connectivity index (χ0) is 13.2. The van der Waals surface area contributed by atoms with E-state index in [4.69, 9.17) is 0 Å². The zero-order valence-electron chi connectivity index (χ0n) is 10.5. The first-order valence-electron chi connectivity index (χ1n) is 6.33. The number of hydrogen-bond donors (Lipinski definition) is 2. The van der Waals surface area contributed by atoms with Crippen LogP contribution in [-0.4, -0.2) is 35.4 Å². The first-order valence-corrected chi connectivity index (χ1v) is 6.33. The van der Waals surface area contributed by atoms with Crippen molar-refractivity contribution < 1.29 is 4.79 Å². The molecule has 1 fully saturated rings. The Morgan fingerprint density at radius 1 is 1.21 bits per heavy atom. The Kier molecular flexibility index (Phi) is 3.05. The zero-order valence-corrected chi connectivity index (χ0v) is 10.5. The van der Waals surface area contributed by atoms with Crippen LogP contribution in [0.2, 0.25) is 0 Å². The van der Waals surface area contributed by atoms with Gasteiger partial charge in [-0.2, -0.15) is 0 Å². The molecule has 0 atom stereocenters. The van der Waals surface area contributed by atoms with Crippen LogP contribution in [0.25, 0.3) is 10.9 Å². The van der Waals surface area contributed by atoms with E-state index in [9.17, 15) is 9.59 Å². The van der Waals surface area contributed by atoms with Crippen LogP contribution < -0.4 is 10.7 Å². The number of nitrogens with zero attached hydrogens (tertiary/aromatic N) is 1. The molecule has 0 aliphatic carbocycles. The van der Waals surface area contributed by atoms with Gasteiger partial charge in [0.1, 0.15) is 0 Å². The largest absolute Gasteiger partial charge is 0.361 e. The number of aromatic amines is 1. The summed E-state index contributed by atoms with van der Waals surface area (Å²) in [6.45, 7) is 2.55. The molecule has 1 aliphatic rings. The van der Waals surface area contributed by atoms with E-state index in [0.717, 1.165) is 24.2 Å². The lowest BCUT2D eigenvalue weighted by Gasteiger charge is -2.27. The summed E-state index contributed by atoms with van der Waals surface area (Å²) >= 11 is 0. The first kappa shape index (κ1) is 11.9. The van der Waals surface area contributed by atoms with Gasteiger partial charge in [0.05, 0.1) is 6.54 Å². The van der Waals surface area contributed by atoms with Crippen molar-refractivity contribution in [3.05, 3.63) is 46.2 Å². The number of rotatable bonds is 2.